The second-order valence-corrected chi connectivity index (χ2v) is 18.7. The lowest BCUT2D eigenvalue weighted by molar-refractivity contribution is -0.136. The Balaban J connectivity index is 0.947. The third-order valence-corrected chi connectivity index (χ3v) is 13.5. The van der Waals surface area contributed by atoms with E-state index in [9.17, 15) is 24.0 Å². The molecule has 0 radical (unpaired) electrons. The molecule has 4 aromatic rings. The second kappa shape index (κ2) is 20.0. The van der Waals surface area contributed by atoms with Crippen molar-refractivity contribution in [3.05, 3.63) is 107 Å². The number of imidazole rings is 1. The molecule has 4 aliphatic heterocycles. The number of likely N-dealkylation sites (tertiary alicyclic amines) is 1. The molecule has 0 saturated carbocycles. The predicted molar refractivity (Wildman–Crippen MR) is 254 cm³/mol. The zero-order valence-corrected chi connectivity index (χ0v) is 39.5. The Morgan fingerprint density at radius 1 is 0.731 bits per heavy atom. The van der Waals surface area contributed by atoms with Crippen LogP contribution in [-0.2, 0) is 32.2 Å². The van der Waals surface area contributed by atoms with Crippen LogP contribution in [0, 0.1) is 11.8 Å². The molecule has 17 heteroatoms. The molecule has 352 valence electrons. The Morgan fingerprint density at radius 3 is 1.93 bits per heavy atom. The van der Waals surface area contributed by atoms with Gasteiger partial charge in [-0.2, -0.15) is 0 Å². The minimum absolute atomic E-state index is 0.0102. The highest BCUT2D eigenvalue weighted by molar-refractivity contribution is 6.30. The van der Waals surface area contributed by atoms with Crippen LogP contribution in [0.25, 0.3) is 28.0 Å². The molecule has 2 fully saturated rings. The summed E-state index contributed by atoms with van der Waals surface area (Å²) >= 11 is 6.25. The highest BCUT2D eigenvalue weighted by Crippen LogP contribution is 2.35. The van der Waals surface area contributed by atoms with Gasteiger partial charge in [0.2, 0.25) is 11.8 Å². The van der Waals surface area contributed by atoms with Crippen molar-refractivity contribution in [3.63, 3.8) is 0 Å². The predicted octanol–water partition coefficient (Wildman–Crippen LogP) is 8.00. The van der Waals surface area contributed by atoms with E-state index in [0.717, 1.165) is 76.0 Å². The highest BCUT2D eigenvalue weighted by atomic mass is 35.5. The van der Waals surface area contributed by atoms with Crippen LogP contribution in [0.1, 0.15) is 81.9 Å². The Bertz CT molecular complexity index is 2570. The van der Waals surface area contributed by atoms with Crippen molar-refractivity contribution in [2.45, 2.75) is 90.6 Å². The maximum absolute atomic E-state index is 14.3. The van der Waals surface area contributed by atoms with Crippen molar-refractivity contribution in [2.75, 3.05) is 34.0 Å². The lowest BCUT2D eigenvalue weighted by atomic mass is 9.93. The van der Waals surface area contributed by atoms with E-state index in [1.807, 2.05) is 69.1 Å². The van der Waals surface area contributed by atoms with Crippen LogP contribution < -0.4 is 10.6 Å². The molecule has 8 rings (SSSR count). The van der Waals surface area contributed by atoms with Crippen molar-refractivity contribution >= 4 is 52.9 Å². The van der Waals surface area contributed by atoms with E-state index in [1.54, 1.807) is 20.9 Å². The van der Waals surface area contributed by atoms with E-state index in [-0.39, 0.29) is 48.9 Å². The van der Waals surface area contributed by atoms with E-state index in [0.29, 0.717) is 30.5 Å². The minimum atomic E-state index is -0.894. The number of amides is 6. The monoisotopic (exact) mass is 931 g/mol. The number of methoxy groups -OCH3 is 2. The number of alkyl carbamates (subject to hydrolysis) is 2. The zero-order chi connectivity index (χ0) is 47.5. The molecule has 0 aliphatic carbocycles. The number of ether oxygens (including phenoxy) is 2. The quantitative estimate of drug-likeness (QED) is 0.135. The summed E-state index contributed by atoms with van der Waals surface area (Å²) in [6.45, 7) is 9.19. The number of fused-ring (bicyclic) bond motifs is 1. The van der Waals surface area contributed by atoms with Gasteiger partial charge in [0, 0.05) is 36.6 Å². The van der Waals surface area contributed by atoms with Gasteiger partial charge < -0.3 is 44.7 Å². The molecule has 1 aromatic heterocycles. The maximum Gasteiger partial charge on any atom is 0.407 e. The van der Waals surface area contributed by atoms with E-state index >= 15 is 0 Å². The number of hydrogen-bond acceptors (Lipinski definition) is 9. The number of allylic oxidation sites excluding steroid dienone is 1. The Kier molecular flexibility index (Phi) is 14.0. The van der Waals surface area contributed by atoms with E-state index in [1.165, 1.54) is 14.2 Å². The zero-order valence-electron chi connectivity index (χ0n) is 38.8. The molecule has 0 spiro atoms. The van der Waals surface area contributed by atoms with Crippen molar-refractivity contribution in [1.82, 2.24) is 40.2 Å². The number of aromatic nitrogens is 2. The summed E-state index contributed by atoms with van der Waals surface area (Å²) in [7, 11) is 2.55. The van der Waals surface area contributed by atoms with E-state index in [4.69, 9.17) is 31.1 Å². The first-order valence-corrected chi connectivity index (χ1v) is 23.2. The first-order valence-electron chi connectivity index (χ1n) is 22.9. The largest absolute Gasteiger partial charge is 0.453 e. The van der Waals surface area contributed by atoms with Crippen LogP contribution >= 0.6 is 11.6 Å². The molecule has 0 unspecified atom stereocenters. The standard InChI is InChI=1S/C50H58ClN9O7/c1-29(2)43(55-48(63)66-5)46(61)59-21-7-8-41(59)39-20-18-35(23-52-39)33-11-9-31(10-12-33)32-13-15-34(16-14-32)40-24-53-45(54-40)42-27-58(28-60(42)47(62)44(30(3)4)56-49(64)67-6)50(65)57-25-36-17-19-38(51)22-37(36)26-57/h9-17,19,22-24,29-30,41-44H,7-8,18,20-21,25-28H2,1-6H3,(H,53,54)(H,55,63)(H,56,64)/t41-,42-,43-,44-/m0/s1. The molecule has 4 aliphatic rings. The number of benzene rings is 3. The summed E-state index contributed by atoms with van der Waals surface area (Å²) in [4.78, 5) is 86.1. The number of H-pyrrole nitrogens is 1. The molecule has 6 amide bonds. The first-order chi connectivity index (χ1) is 32.2. The van der Waals surface area contributed by atoms with Gasteiger partial charge in [0.15, 0.2) is 0 Å². The summed E-state index contributed by atoms with van der Waals surface area (Å²) in [5.41, 5.74) is 8.96. The summed E-state index contributed by atoms with van der Waals surface area (Å²) in [5, 5.41) is 6.01. The third kappa shape index (κ3) is 10.0. The van der Waals surface area contributed by atoms with Crippen molar-refractivity contribution in [1.29, 1.82) is 0 Å². The Labute approximate surface area is 395 Å². The number of aliphatic imine (C=N–C) groups is 1. The number of urea groups is 1. The lowest BCUT2D eigenvalue weighted by Crippen LogP contribution is -2.53. The fourth-order valence-electron chi connectivity index (χ4n) is 9.47. The van der Waals surface area contributed by atoms with Gasteiger partial charge >= 0.3 is 18.2 Å². The molecule has 16 nitrogen and oxygen atoms in total. The third-order valence-electron chi connectivity index (χ3n) is 13.2. The number of hydrogen-bond donors (Lipinski definition) is 3. The lowest BCUT2D eigenvalue weighted by Gasteiger charge is -2.32. The van der Waals surface area contributed by atoms with Crippen LogP contribution in [0.15, 0.2) is 84.1 Å². The molecule has 3 N–H and O–H groups in total. The van der Waals surface area contributed by atoms with Gasteiger partial charge in [-0.3, -0.25) is 14.6 Å². The number of carbonyl (C=O) groups excluding carboxylic acids is 5. The number of rotatable bonds is 11. The fourth-order valence-corrected chi connectivity index (χ4v) is 9.67. The fraction of sp³-hybridized carbons (Fsp3) is 0.420. The molecular weight excluding hydrogens is 874 g/mol. The van der Waals surface area contributed by atoms with Gasteiger partial charge in [-0.25, -0.2) is 19.4 Å². The van der Waals surface area contributed by atoms with Gasteiger partial charge in [-0.15, -0.1) is 0 Å². The Hall–Kier alpha value is -6.68. The maximum atomic E-state index is 14.3. The van der Waals surface area contributed by atoms with Gasteiger partial charge in [0.1, 0.15) is 23.9 Å². The van der Waals surface area contributed by atoms with Gasteiger partial charge in [-0.1, -0.05) is 93.9 Å². The van der Waals surface area contributed by atoms with Crippen LogP contribution in [0.3, 0.4) is 0 Å². The molecule has 5 heterocycles. The normalized spacial score (nSPS) is 18.9. The van der Waals surface area contributed by atoms with Gasteiger partial charge in [0.05, 0.1) is 45.4 Å². The van der Waals surface area contributed by atoms with Crippen molar-refractivity contribution in [2.24, 2.45) is 16.8 Å². The molecule has 2 saturated heterocycles. The summed E-state index contributed by atoms with van der Waals surface area (Å²) in [6.07, 6.45) is 5.61. The van der Waals surface area contributed by atoms with E-state index in [2.05, 4.69) is 52.0 Å². The summed E-state index contributed by atoms with van der Waals surface area (Å²) in [5.74, 6) is -0.290. The highest BCUT2D eigenvalue weighted by Gasteiger charge is 2.44. The van der Waals surface area contributed by atoms with Crippen molar-refractivity contribution in [3.8, 4) is 22.4 Å². The van der Waals surface area contributed by atoms with Gasteiger partial charge in [-0.05, 0) is 88.6 Å². The first kappa shape index (κ1) is 46.8. The summed E-state index contributed by atoms with van der Waals surface area (Å²) < 4.78 is 9.62. The average molecular weight is 933 g/mol. The SMILES string of the molecule is COC(=O)N[C@H](C(=O)N1CCC[C@H]1C1=NC=C(c2ccc(-c3ccc(-c4cnc([C@@H]5CN(C(=O)N6Cc7ccc(Cl)cc7C6)CN5C(=O)[C@@H](NC(=O)OC)C(C)C)[nH]4)cc3)cc2)CC1)C(C)C. The smallest absolute Gasteiger partial charge is 0.407 e. The molecule has 0 bridgehead atoms. The number of carbonyl (C=O) groups is 5. The number of aromatic amines is 1. The van der Waals surface area contributed by atoms with Crippen LogP contribution in [0.2, 0.25) is 5.02 Å². The van der Waals surface area contributed by atoms with Crippen molar-refractivity contribution < 1.29 is 33.4 Å². The number of nitrogens with zero attached hydrogens (tertiary/aromatic N) is 6. The van der Waals surface area contributed by atoms with Gasteiger partial charge in [0.25, 0.3) is 0 Å². The molecule has 3 aromatic carbocycles. The molecular formula is C50H58ClN9O7. The molecule has 4 atom stereocenters. The number of halogens is 1. The minimum Gasteiger partial charge on any atom is -0.453 e. The summed E-state index contributed by atoms with van der Waals surface area (Å²) in [6, 6.07) is 19.7. The van der Waals surface area contributed by atoms with E-state index < -0.39 is 30.3 Å². The van der Waals surface area contributed by atoms with Crippen LogP contribution in [-0.4, -0.2) is 117 Å². The second-order valence-electron chi connectivity index (χ2n) is 18.3. The topological polar surface area (TPSA) is 182 Å². The van der Waals surface area contributed by atoms with Crippen LogP contribution in [0.5, 0.6) is 0 Å². The van der Waals surface area contributed by atoms with Crippen LogP contribution in [0.4, 0.5) is 14.4 Å². The Morgan fingerprint density at radius 2 is 1.33 bits per heavy atom. The number of nitrogens with one attached hydrogen (secondary N) is 3. The molecule has 67 heavy (non-hydrogen) atoms. The average Bonchev–Trinajstić information content (AvgIpc) is 4.18.